The zero-order chi connectivity index (χ0) is 16.2. The smallest absolute Gasteiger partial charge is 0.413 e. The van der Waals surface area contributed by atoms with Crippen molar-refractivity contribution in [3.05, 3.63) is 35.4 Å². The van der Waals surface area contributed by atoms with E-state index in [1.807, 2.05) is 0 Å². The molecule has 0 fully saturated rings. The van der Waals surface area contributed by atoms with Crippen LogP contribution in [0.25, 0.3) is 0 Å². The van der Waals surface area contributed by atoms with E-state index in [0.29, 0.717) is 12.1 Å². The van der Waals surface area contributed by atoms with Crippen LogP contribution in [-0.2, 0) is 9.59 Å². The summed E-state index contributed by atoms with van der Waals surface area (Å²) in [5.41, 5.74) is -1.34. The van der Waals surface area contributed by atoms with Crippen LogP contribution in [0.15, 0.2) is 18.2 Å². The number of aliphatic carboxylic acids is 1. The van der Waals surface area contributed by atoms with Crippen molar-refractivity contribution in [3.63, 3.8) is 0 Å². The minimum Gasteiger partial charge on any atom is -0.481 e. The van der Waals surface area contributed by atoms with Gasteiger partial charge in [0.05, 0.1) is 12.0 Å². The van der Waals surface area contributed by atoms with Crippen LogP contribution < -0.4 is 5.32 Å². The number of carboxylic acids is 1. The highest BCUT2D eigenvalue weighted by molar-refractivity contribution is 5.81. The molecule has 0 radical (unpaired) electrons. The van der Waals surface area contributed by atoms with E-state index in [1.165, 1.54) is 5.32 Å². The fraction of sp³-hybridized carbons (Fsp3) is 0.333. The van der Waals surface area contributed by atoms with Gasteiger partial charge < -0.3 is 10.4 Å². The van der Waals surface area contributed by atoms with E-state index in [0.717, 1.165) is 6.07 Å². The molecule has 116 valence electrons. The highest BCUT2D eigenvalue weighted by Crippen LogP contribution is 2.35. The monoisotopic (exact) mass is 311 g/mol. The quantitative estimate of drug-likeness (QED) is 0.821. The summed E-state index contributed by atoms with van der Waals surface area (Å²) in [6, 6.07) is -0.755. The summed E-state index contributed by atoms with van der Waals surface area (Å²) in [6.45, 7) is 0. The van der Waals surface area contributed by atoms with Gasteiger partial charge in [0.2, 0.25) is 5.91 Å². The van der Waals surface area contributed by atoms with Gasteiger partial charge in [-0.05, 0) is 12.1 Å². The molecule has 1 aromatic rings. The lowest BCUT2D eigenvalue weighted by Gasteiger charge is -2.22. The minimum absolute atomic E-state index is 0.626. The molecule has 1 aromatic carbocycles. The Morgan fingerprint density at radius 3 is 2.10 bits per heavy atom. The summed E-state index contributed by atoms with van der Waals surface area (Å²) in [5, 5.41) is 9.74. The summed E-state index contributed by atoms with van der Waals surface area (Å²) in [6.07, 6.45) is -6.57. The number of carbonyl (C=O) groups is 2. The van der Waals surface area contributed by atoms with Crippen LogP contribution in [0.5, 0.6) is 0 Å². The molecular weight excluding hydrogens is 301 g/mol. The predicted molar refractivity (Wildman–Crippen MR) is 60.2 cm³/mol. The van der Waals surface area contributed by atoms with Crippen molar-refractivity contribution >= 4 is 11.9 Å². The van der Waals surface area contributed by atoms with E-state index >= 15 is 0 Å². The normalized spacial score (nSPS) is 12.8. The highest BCUT2D eigenvalue weighted by Gasteiger charge is 2.44. The maximum atomic E-state index is 13.4. The number of alkyl halides is 3. The van der Waals surface area contributed by atoms with Gasteiger partial charge in [-0.3, -0.25) is 9.59 Å². The Kier molecular flexibility index (Phi) is 5.23. The molecule has 0 aliphatic rings. The lowest BCUT2D eigenvalue weighted by molar-refractivity contribution is -0.164. The Morgan fingerprint density at radius 2 is 1.67 bits per heavy atom. The second kappa shape index (κ2) is 6.51. The molecule has 0 aliphatic carbocycles. The average Bonchev–Trinajstić information content (AvgIpc) is 2.33. The third-order valence-corrected chi connectivity index (χ3v) is 2.49. The van der Waals surface area contributed by atoms with Crippen molar-refractivity contribution in [2.75, 3.05) is 0 Å². The summed E-state index contributed by atoms with van der Waals surface area (Å²) in [5.74, 6) is -5.58. The second-order valence-corrected chi connectivity index (χ2v) is 4.07. The lowest BCUT2D eigenvalue weighted by atomic mass is 10.0. The number of rotatable bonds is 5. The molecule has 9 heteroatoms. The highest BCUT2D eigenvalue weighted by atomic mass is 19.4. The summed E-state index contributed by atoms with van der Waals surface area (Å²) < 4.78 is 65.4. The van der Waals surface area contributed by atoms with Crippen molar-refractivity contribution in [3.8, 4) is 0 Å². The van der Waals surface area contributed by atoms with Gasteiger partial charge in [-0.2, -0.15) is 13.2 Å². The number of amides is 1. The van der Waals surface area contributed by atoms with Crippen LogP contribution in [0.1, 0.15) is 24.4 Å². The summed E-state index contributed by atoms with van der Waals surface area (Å²) >= 11 is 0. The van der Waals surface area contributed by atoms with Crippen molar-refractivity contribution in [1.82, 2.24) is 5.32 Å². The van der Waals surface area contributed by atoms with Crippen LogP contribution in [0, 0.1) is 11.6 Å². The minimum atomic E-state index is -5.14. The molecule has 0 spiro atoms. The molecule has 0 aliphatic heterocycles. The summed E-state index contributed by atoms with van der Waals surface area (Å²) in [7, 11) is 0. The molecule has 0 heterocycles. The second-order valence-electron chi connectivity index (χ2n) is 4.07. The van der Waals surface area contributed by atoms with Crippen molar-refractivity contribution in [2.24, 2.45) is 0 Å². The first-order valence-corrected chi connectivity index (χ1v) is 5.64. The van der Waals surface area contributed by atoms with Gasteiger partial charge in [0.25, 0.3) is 0 Å². The van der Waals surface area contributed by atoms with Crippen LogP contribution >= 0.6 is 0 Å². The van der Waals surface area contributed by atoms with Gasteiger partial charge in [0, 0.05) is 6.42 Å². The van der Waals surface area contributed by atoms with Crippen LogP contribution in [0.3, 0.4) is 0 Å². The number of halogens is 5. The molecule has 2 N–H and O–H groups in total. The van der Waals surface area contributed by atoms with E-state index in [1.54, 1.807) is 0 Å². The number of carboxylic acid groups (broad SMARTS) is 1. The number of nitrogens with one attached hydrogen (secondary N) is 1. The lowest BCUT2D eigenvalue weighted by Crippen LogP contribution is -2.39. The molecule has 1 rings (SSSR count). The molecule has 4 nitrogen and oxygen atoms in total. The van der Waals surface area contributed by atoms with Gasteiger partial charge >= 0.3 is 12.1 Å². The molecule has 21 heavy (non-hydrogen) atoms. The van der Waals surface area contributed by atoms with Gasteiger partial charge in [-0.25, -0.2) is 8.78 Å². The Balaban J connectivity index is 3.03. The standard InChI is InChI=1S/C12H10F5NO3/c13-6-2-1-3-7(14)10(6)11(12(15,16)17)18-8(19)4-5-9(20)21/h1-3,11H,4-5H2,(H,18,19)(H,20,21). The fourth-order valence-electron chi connectivity index (χ4n) is 1.56. The van der Waals surface area contributed by atoms with Crippen molar-refractivity contribution < 1.29 is 36.6 Å². The van der Waals surface area contributed by atoms with E-state index in [2.05, 4.69) is 0 Å². The molecule has 0 saturated carbocycles. The number of carbonyl (C=O) groups excluding carboxylic acids is 1. The van der Waals surface area contributed by atoms with E-state index < -0.39 is 54.1 Å². The van der Waals surface area contributed by atoms with E-state index in [9.17, 15) is 31.5 Å². The number of benzene rings is 1. The zero-order valence-corrected chi connectivity index (χ0v) is 10.4. The largest absolute Gasteiger partial charge is 0.481 e. The maximum absolute atomic E-state index is 13.4. The van der Waals surface area contributed by atoms with Crippen LogP contribution in [0.2, 0.25) is 0 Å². The maximum Gasteiger partial charge on any atom is 0.413 e. The Labute approximate surface area is 115 Å². The predicted octanol–water partition coefficient (Wildman–Crippen LogP) is 2.55. The van der Waals surface area contributed by atoms with E-state index in [-0.39, 0.29) is 0 Å². The van der Waals surface area contributed by atoms with Crippen molar-refractivity contribution in [2.45, 2.75) is 25.1 Å². The Hall–Kier alpha value is -2.19. The SMILES string of the molecule is O=C(O)CCC(=O)NC(c1c(F)cccc1F)C(F)(F)F. The van der Waals surface area contributed by atoms with E-state index in [4.69, 9.17) is 5.11 Å². The Morgan fingerprint density at radius 1 is 1.14 bits per heavy atom. The van der Waals surface area contributed by atoms with Crippen LogP contribution in [-0.4, -0.2) is 23.2 Å². The van der Waals surface area contributed by atoms with Gasteiger partial charge in [-0.15, -0.1) is 0 Å². The topological polar surface area (TPSA) is 66.4 Å². The third kappa shape index (κ3) is 4.69. The molecule has 0 aromatic heterocycles. The molecule has 0 saturated heterocycles. The van der Waals surface area contributed by atoms with Crippen molar-refractivity contribution in [1.29, 1.82) is 0 Å². The molecular formula is C12H10F5NO3. The molecule has 0 bridgehead atoms. The third-order valence-electron chi connectivity index (χ3n) is 2.49. The van der Waals surface area contributed by atoms with Gasteiger partial charge in [0.1, 0.15) is 11.6 Å². The molecule has 1 amide bonds. The van der Waals surface area contributed by atoms with Crippen LogP contribution in [0.4, 0.5) is 22.0 Å². The summed E-state index contributed by atoms with van der Waals surface area (Å²) in [4.78, 5) is 21.5. The average molecular weight is 311 g/mol. The van der Waals surface area contributed by atoms with Gasteiger partial charge in [-0.1, -0.05) is 6.07 Å². The first kappa shape index (κ1) is 16.9. The number of hydrogen-bond acceptors (Lipinski definition) is 2. The van der Waals surface area contributed by atoms with Gasteiger partial charge in [0.15, 0.2) is 6.04 Å². The first-order valence-electron chi connectivity index (χ1n) is 5.64. The molecule has 1 unspecified atom stereocenters. The molecule has 1 atom stereocenters. The first-order chi connectivity index (χ1) is 9.62. The Bertz CT molecular complexity index is 524. The zero-order valence-electron chi connectivity index (χ0n) is 10.4. The fourth-order valence-corrected chi connectivity index (χ4v) is 1.56. The number of hydrogen-bond donors (Lipinski definition) is 2.